The Morgan fingerprint density at radius 1 is 0.925 bits per heavy atom. The molecule has 0 saturated carbocycles. The van der Waals surface area contributed by atoms with Crippen LogP contribution < -0.4 is 9.47 Å². The molecular formula is C32H29N3O5. The predicted molar refractivity (Wildman–Crippen MR) is 151 cm³/mol. The number of hydrogen-bond acceptors (Lipinski definition) is 7. The summed E-state index contributed by atoms with van der Waals surface area (Å²) >= 11 is 0. The molecule has 0 aliphatic carbocycles. The lowest BCUT2D eigenvalue weighted by Crippen LogP contribution is -2.00. The molecule has 0 N–H and O–H groups in total. The van der Waals surface area contributed by atoms with Gasteiger partial charge in [0.25, 0.3) is 0 Å². The summed E-state index contributed by atoms with van der Waals surface area (Å²) in [4.78, 5) is 16.4. The summed E-state index contributed by atoms with van der Waals surface area (Å²) < 4.78 is 24.5. The van der Waals surface area contributed by atoms with Crippen LogP contribution in [0.3, 0.4) is 0 Å². The molecule has 8 heteroatoms. The molecule has 0 fully saturated rings. The molecule has 2 heterocycles. The van der Waals surface area contributed by atoms with Crippen molar-refractivity contribution in [2.24, 2.45) is 0 Å². The topological polar surface area (TPSA) is 88.6 Å². The van der Waals surface area contributed by atoms with Crippen LogP contribution in [-0.2, 0) is 22.7 Å². The maximum atomic E-state index is 11.8. The molecule has 0 amide bonds. The summed E-state index contributed by atoms with van der Waals surface area (Å²) in [6.07, 6.45) is 4.83. The highest BCUT2D eigenvalue weighted by atomic mass is 16.5. The van der Waals surface area contributed by atoms with E-state index in [4.69, 9.17) is 18.6 Å². The van der Waals surface area contributed by atoms with Gasteiger partial charge in [-0.3, -0.25) is 0 Å². The first-order chi connectivity index (χ1) is 19.6. The third-order valence-electron chi connectivity index (χ3n) is 6.00. The number of ether oxygens (including phenoxy) is 3. The van der Waals surface area contributed by atoms with Gasteiger partial charge in [-0.15, -0.1) is 5.10 Å². The van der Waals surface area contributed by atoms with Crippen molar-refractivity contribution in [1.82, 2.24) is 14.8 Å². The normalized spacial score (nSPS) is 11.1. The Morgan fingerprint density at radius 3 is 2.38 bits per heavy atom. The Bertz CT molecular complexity index is 1570. The van der Waals surface area contributed by atoms with Gasteiger partial charge in [0.1, 0.15) is 30.4 Å². The maximum absolute atomic E-state index is 11.8. The van der Waals surface area contributed by atoms with Crippen LogP contribution in [0, 0.1) is 6.92 Å². The molecule has 40 heavy (non-hydrogen) atoms. The lowest BCUT2D eigenvalue weighted by atomic mass is 10.2. The van der Waals surface area contributed by atoms with Crippen LogP contribution in [0.25, 0.3) is 23.2 Å². The van der Waals surface area contributed by atoms with Crippen LogP contribution >= 0.6 is 0 Å². The molecule has 8 nitrogen and oxygen atoms in total. The monoisotopic (exact) mass is 535 g/mol. The summed E-state index contributed by atoms with van der Waals surface area (Å²) in [6.45, 7) is 4.54. The second kappa shape index (κ2) is 12.6. The third kappa shape index (κ3) is 6.66. The largest absolute Gasteiger partial charge is 0.487 e. The number of esters is 1. The first-order valence-electron chi connectivity index (χ1n) is 12.9. The Labute approximate surface area is 232 Å². The predicted octanol–water partition coefficient (Wildman–Crippen LogP) is 6.57. The van der Waals surface area contributed by atoms with Crippen LogP contribution in [0.15, 0.2) is 102 Å². The summed E-state index contributed by atoms with van der Waals surface area (Å²) in [6, 6.07) is 27.1. The van der Waals surface area contributed by atoms with Crippen LogP contribution in [0.5, 0.6) is 11.6 Å². The van der Waals surface area contributed by atoms with Crippen molar-refractivity contribution in [3.8, 4) is 28.8 Å². The van der Waals surface area contributed by atoms with Crippen LogP contribution in [0.1, 0.15) is 29.5 Å². The van der Waals surface area contributed by atoms with E-state index in [2.05, 4.69) is 10.1 Å². The van der Waals surface area contributed by atoms with E-state index < -0.39 is 5.97 Å². The molecule has 0 spiro atoms. The van der Waals surface area contributed by atoms with E-state index in [9.17, 15) is 4.79 Å². The van der Waals surface area contributed by atoms with Crippen molar-refractivity contribution >= 4 is 12.0 Å². The summed E-state index contributed by atoms with van der Waals surface area (Å²) in [5.74, 6) is 2.00. The van der Waals surface area contributed by atoms with Gasteiger partial charge in [0.2, 0.25) is 11.8 Å². The van der Waals surface area contributed by atoms with Gasteiger partial charge in [-0.05, 0) is 61.9 Å². The zero-order valence-corrected chi connectivity index (χ0v) is 22.3. The van der Waals surface area contributed by atoms with Gasteiger partial charge < -0.3 is 18.6 Å². The minimum atomic E-state index is -0.423. The van der Waals surface area contributed by atoms with Crippen LogP contribution in [-0.4, -0.2) is 27.3 Å². The average Bonchev–Trinajstić information content (AvgIpc) is 3.58. The molecule has 0 saturated heterocycles. The smallest absolute Gasteiger partial charge is 0.330 e. The molecule has 3 aromatic carbocycles. The second-order valence-corrected chi connectivity index (χ2v) is 8.86. The highest BCUT2D eigenvalue weighted by Crippen LogP contribution is 2.24. The number of hydrogen-bond donors (Lipinski definition) is 0. The SMILES string of the molecule is CCOC(=O)C=Cc1cn(-c2ccccc2)nc1OCc1ccc(OCc2nc(-c3ccccc3)oc2C)cc1. The molecule has 0 radical (unpaired) electrons. The van der Waals surface area contributed by atoms with Crippen molar-refractivity contribution in [2.75, 3.05) is 6.61 Å². The number of rotatable bonds is 11. The van der Waals surface area contributed by atoms with Gasteiger partial charge in [0.05, 0.1) is 17.9 Å². The summed E-state index contributed by atoms with van der Waals surface area (Å²) in [5, 5.41) is 4.58. The van der Waals surface area contributed by atoms with Gasteiger partial charge in [-0.25, -0.2) is 14.5 Å². The van der Waals surface area contributed by atoms with Gasteiger partial charge in [0.15, 0.2) is 0 Å². The van der Waals surface area contributed by atoms with E-state index in [1.807, 2.05) is 98.0 Å². The molecule has 0 bridgehead atoms. The van der Waals surface area contributed by atoms with Crippen molar-refractivity contribution < 1.29 is 23.4 Å². The van der Waals surface area contributed by atoms with Gasteiger partial charge >= 0.3 is 5.97 Å². The van der Waals surface area contributed by atoms with E-state index in [1.54, 1.807) is 17.7 Å². The Morgan fingerprint density at radius 2 is 1.65 bits per heavy atom. The maximum Gasteiger partial charge on any atom is 0.330 e. The quantitative estimate of drug-likeness (QED) is 0.140. The minimum Gasteiger partial charge on any atom is -0.487 e. The number of oxazole rings is 1. The van der Waals surface area contributed by atoms with Crippen LogP contribution in [0.4, 0.5) is 0 Å². The first-order valence-corrected chi connectivity index (χ1v) is 12.9. The molecule has 0 atom stereocenters. The van der Waals surface area contributed by atoms with E-state index in [-0.39, 0.29) is 6.61 Å². The third-order valence-corrected chi connectivity index (χ3v) is 6.00. The molecule has 5 aromatic rings. The van der Waals surface area contributed by atoms with E-state index >= 15 is 0 Å². The number of carbonyl (C=O) groups excluding carboxylic acids is 1. The second-order valence-electron chi connectivity index (χ2n) is 8.86. The van der Waals surface area contributed by atoms with E-state index in [1.165, 1.54) is 6.08 Å². The number of nitrogens with zero attached hydrogens (tertiary/aromatic N) is 3. The Hall–Kier alpha value is -5.11. The summed E-state index contributed by atoms with van der Waals surface area (Å²) in [5.41, 5.74) is 4.15. The zero-order valence-electron chi connectivity index (χ0n) is 22.3. The van der Waals surface area contributed by atoms with Crippen molar-refractivity contribution in [1.29, 1.82) is 0 Å². The minimum absolute atomic E-state index is 0.287. The fraction of sp³-hybridized carbons (Fsp3) is 0.156. The van der Waals surface area contributed by atoms with Crippen molar-refractivity contribution in [3.05, 3.63) is 120 Å². The Kier molecular flexibility index (Phi) is 8.36. The number of carbonyl (C=O) groups is 1. The number of aryl methyl sites for hydroxylation is 1. The molecule has 2 aromatic heterocycles. The average molecular weight is 536 g/mol. The Balaban J connectivity index is 1.23. The lowest BCUT2D eigenvalue weighted by molar-refractivity contribution is -0.137. The molecule has 202 valence electrons. The number of benzene rings is 3. The van der Waals surface area contributed by atoms with Gasteiger partial charge in [0, 0.05) is 17.8 Å². The number of aromatic nitrogens is 3. The zero-order chi connectivity index (χ0) is 27.7. The van der Waals surface area contributed by atoms with Crippen molar-refractivity contribution in [2.45, 2.75) is 27.1 Å². The standard InChI is InChI=1S/C32H29N3O5/c1-3-37-30(36)19-16-26-20-35(27-12-8-5-9-13-27)34-32(26)39-21-24-14-17-28(18-15-24)38-22-29-23(2)40-31(33-29)25-10-6-4-7-11-25/h4-20H,3,21-22H2,1-2H3. The molecular weight excluding hydrogens is 506 g/mol. The fourth-order valence-electron chi connectivity index (χ4n) is 3.91. The molecule has 0 unspecified atom stereocenters. The fourth-order valence-corrected chi connectivity index (χ4v) is 3.91. The van der Waals surface area contributed by atoms with Gasteiger partial charge in [-0.1, -0.05) is 48.5 Å². The van der Waals surface area contributed by atoms with Crippen LogP contribution in [0.2, 0.25) is 0 Å². The molecule has 0 aliphatic rings. The summed E-state index contributed by atoms with van der Waals surface area (Å²) in [7, 11) is 0. The van der Waals surface area contributed by atoms with Gasteiger partial charge in [-0.2, -0.15) is 0 Å². The molecule has 0 aliphatic heterocycles. The highest BCUT2D eigenvalue weighted by molar-refractivity contribution is 5.87. The molecule has 5 rings (SSSR count). The lowest BCUT2D eigenvalue weighted by Gasteiger charge is -2.07. The first kappa shape index (κ1) is 26.5. The van der Waals surface area contributed by atoms with E-state index in [0.717, 1.165) is 28.3 Å². The van der Waals surface area contributed by atoms with E-state index in [0.29, 0.717) is 36.3 Å². The number of para-hydroxylation sites is 1. The van der Waals surface area contributed by atoms with Crippen molar-refractivity contribution in [3.63, 3.8) is 0 Å². The highest BCUT2D eigenvalue weighted by Gasteiger charge is 2.13.